The third kappa shape index (κ3) is 4.30. The first kappa shape index (κ1) is 16.0. The maximum Gasteiger partial charge on any atom is 0.326 e. The van der Waals surface area contributed by atoms with E-state index in [1.807, 2.05) is 0 Å². The quantitative estimate of drug-likeness (QED) is 0.890. The standard InChI is InChI=1S/C16H13ClFNO3/c17-12-5-2-4-11(9-12)15(20)19-14(16(21)22)8-10-3-1-6-13(18)7-10/h1-7,9,14H,8H2,(H,19,20)(H,21,22)/t14-/m0/s1. The molecule has 2 N–H and O–H groups in total. The Balaban J connectivity index is 2.12. The van der Waals surface area contributed by atoms with Crippen molar-refractivity contribution in [2.75, 3.05) is 0 Å². The smallest absolute Gasteiger partial charge is 0.326 e. The Hall–Kier alpha value is -2.40. The number of carbonyl (C=O) groups is 2. The van der Waals surface area contributed by atoms with Crippen LogP contribution in [0.2, 0.25) is 5.02 Å². The summed E-state index contributed by atoms with van der Waals surface area (Å²) in [5, 5.41) is 12.0. The summed E-state index contributed by atoms with van der Waals surface area (Å²) >= 11 is 5.80. The van der Waals surface area contributed by atoms with E-state index in [0.717, 1.165) is 0 Å². The lowest BCUT2D eigenvalue weighted by molar-refractivity contribution is -0.139. The van der Waals surface area contributed by atoms with E-state index < -0.39 is 23.7 Å². The highest BCUT2D eigenvalue weighted by molar-refractivity contribution is 6.30. The van der Waals surface area contributed by atoms with Crippen LogP contribution in [0.1, 0.15) is 15.9 Å². The Morgan fingerprint density at radius 3 is 2.55 bits per heavy atom. The number of aliphatic carboxylic acids is 1. The zero-order valence-electron chi connectivity index (χ0n) is 11.4. The van der Waals surface area contributed by atoms with Gasteiger partial charge in [0.05, 0.1) is 0 Å². The number of carboxylic acids is 1. The topological polar surface area (TPSA) is 66.4 Å². The molecular weight excluding hydrogens is 309 g/mol. The third-order valence-electron chi connectivity index (χ3n) is 3.02. The van der Waals surface area contributed by atoms with Gasteiger partial charge in [-0.3, -0.25) is 4.79 Å². The number of rotatable bonds is 5. The van der Waals surface area contributed by atoms with E-state index in [4.69, 9.17) is 11.6 Å². The number of carbonyl (C=O) groups excluding carboxylic acids is 1. The van der Waals surface area contributed by atoms with Crippen LogP contribution in [0.3, 0.4) is 0 Å². The Morgan fingerprint density at radius 1 is 1.18 bits per heavy atom. The Kier molecular flexibility index (Phi) is 5.12. The van der Waals surface area contributed by atoms with Gasteiger partial charge in [0.2, 0.25) is 0 Å². The Morgan fingerprint density at radius 2 is 1.91 bits per heavy atom. The molecule has 0 saturated carbocycles. The molecule has 0 aliphatic rings. The van der Waals surface area contributed by atoms with Gasteiger partial charge < -0.3 is 10.4 Å². The van der Waals surface area contributed by atoms with E-state index in [1.54, 1.807) is 18.2 Å². The second-order valence-corrected chi connectivity index (χ2v) is 5.15. The maximum absolute atomic E-state index is 13.1. The third-order valence-corrected chi connectivity index (χ3v) is 3.25. The fourth-order valence-electron chi connectivity index (χ4n) is 1.97. The number of carboxylic acid groups (broad SMARTS) is 1. The van der Waals surface area contributed by atoms with E-state index in [1.165, 1.54) is 30.3 Å². The molecule has 0 radical (unpaired) electrons. The molecule has 1 atom stereocenters. The second-order valence-electron chi connectivity index (χ2n) is 4.71. The van der Waals surface area contributed by atoms with Gasteiger partial charge >= 0.3 is 5.97 Å². The van der Waals surface area contributed by atoms with Crippen molar-refractivity contribution >= 4 is 23.5 Å². The molecule has 2 rings (SSSR count). The van der Waals surface area contributed by atoms with Crippen molar-refractivity contribution in [2.45, 2.75) is 12.5 Å². The molecule has 2 aromatic rings. The molecule has 0 fully saturated rings. The van der Waals surface area contributed by atoms with Crippen molar-refractivity contribution in [3.8, 4) is 0 Å². The average molecular weight is 322 g/mol. The van der Waals surface area contributed by atoms with Crippen LogP contribution in [-0.2, 0) is 11.2 Å². The molecule has 0 aliphatic carbocycles. The molecule has 0 bridgehead atoms. The van der Waals surface area contributed by atoms with Crippen LogP contribution in [-0.4, -0.2) is 23.0 Å². The molecule has 0 aromatic heterocycles. The van der Waals surface area contributed by atoms with Crippen molar-refractivity contribution < 1.29 is 19.1 Å². The van der Waals surface area contributed by atoms with E-state index >= 15 is 0 Å². The van der Waals surface area contributed by atoms with Gasteiger partial charge in [0.15, 0.2) is 0 Å². The molecule has 0 heterocycles. The molecule has 6 heteroatoms. The number of amides is 1. The minimum absolute atomic E-state index is 0.0145. The number of nitrogens with one attached hydrogen (secondary N) is 1. The lowest BCUT2D eigenvalue weighted by atomic mass is 10.1. The monoisotopic (exact) mass is 321 g/mol. The molecular formula is C16H13ClFNO3. The van der Waals surface area contributed by atoms with Crippen LogP contribution in [0.5, 0.6) is 0 Å². The lowest BCUT2D eigenvalue weighted by Crippen LogP contribution is -2.42. The fourth-order valence-corrected chi connectivity index (χ4v) is 2.16. The van der Waals surface area contributed by atoms with Crippen LogP contribution >= 0.6 is 11.6 Å². The predicted octanol–water partition coefficient (Wildman–Crippen LogP) is 2.90. The van der Waals surface area contributed by atoms with Gasteiger partial charge in [0.25, 0.3) is 5.91 Å². The second kappa shape index (κ2) is 7.04. The van der Waals surface area contributed by atoms with Crippen molar-refractivity contribution in [1.82, 2.24) is 5.32 Å². The Labute approximate surface area is 131 Å². The SMILES string of the molecule is O=C(N[C@@H](Cc1cccc(F)c1)C(=O)O)c1cccc(Cl)c1. The summed E-state index contributed by atoms with van der Waals surface area (Å²) in [6.45, 7) is 0. The number of benzene rings is 2. The largest absolute Gasteiger partial charge is 0.480 e. The highest BCUT2D eigenvalue weighted by Gasteiger charge is 2.21. The molecule has 22 heavy (non-hydrogen) atoms. The first-order valence-corrected chi connectivity index (χ1v) is 6.87. The van der Waals surface area contributed by atoms with E-state index in [0.29, 0.717) is 10.6 Å². The summed E-state index contributed by atoms with van der Waals surface area (Å²) in [5.41, 5.74) is 0.747. The summed E-state index contributed by atoms with van der Waals surface area (Å²) in [7, 11) is 0. The summed E-state index contributed by atoms with van der Waals surface area (Å²) in [5.74, 6) is -2.20. The Bertz CT molecular complexity index is 705. The van der Waals surface area contributed by atoms with Crippen LogP contribution in [0.25, 0.3) is 0 Å². The van der Waals surface area contributed by atoms with E-state index in [-0.39, 0.29) is 12.0 Å². The molecule has 0 aliphatic heterocycles. The summed E-state index contributed by atoms with van der Waals surface area (Å²) in [6.07, 6.45) is -0.0145. The molecule has 0 spiro atoms. The highest BCUT2D eigenvalue weighted by atomic mass is 35.5. The first-order chi connectivity index (χ1) is 10.5. The lowest BCUT2D eigenvalue weighted by Gasteiger charge is -2.15. The molecule has 2 aromatic carbocycles. The van der Waals surface area contributed by atoms with E-state index in [2.05, 4.69) is 5.32 Å². The minimum Gasteiger partial charge on any atom is -0.480 e. The molecule has 0 unspecified atom stereocenters. The molecule has 114 valence electrons. The number of halogens is 2. The minimum atomic E-state index is -1.19. The van der Waals surface area contributed by atoms with Crippen LogP contribution in [0.4, 0.5) is 4.39 Å². The summed E-state index contributed by atoms with van der Waals surface area (Å²) in [6, 6.07) is 10.6. The fraction of sp³-hybridized carbons (Fsp3) is 0.125. The summed E-state index contributed by atoms with van der Waals surface area (Å²) < 4.78 is 13.1. The van der Waals surface area contributed by atoms with Gasteiger partial charge in [-0.1, -0.05) is 29.8 Å². The van der Waals surface area contributed by atoms with Gasteiger partial charge in [0, 0.05) is 17.0 Å². The normalized spacial score (nSPS) is 11.7. The maximum atomic E-state index is 13.1. The molecule has 4 nitrogen and oxygen atoms in total. The van der Waals surface area contributed by atoms with Gasteiger partial charge in [-0.2, -0.15) is 0 Å². The van der Waals surface area contributed by atoms with Gasteiger partial charge in [-0.05, 0) is 35.9 Å². The van der Waals surface area contributed by atoms with Crippen LogP contribution in [0, 0.1) is 5.82 Å². The van der Waals surface area contributed by atoms with Crippen LogP contribution < -0.4 is 5.32 Å². The highest BCUT2D eigenvalue weighted by Crippen LogP contribution is 2.12. The van der Waals surface area contributed by atoms with Gasteiger partial charge in [-0.15, -0.1) is 0 Å². The van der Waals surface area contributed by atoms with E-state index in [9.17, 15) is 19.1 Å². The van der Waals surface area contributed by atoms with Gasteiger partial charge in [-0.25, -0.2) is 9.18 Å². The zero-order valence-corrected chi connectivity index (χ0v) is 12.2. The average Bonchev–Trinajstić information content (AvgIpc) is 2.46. The number of hydrogen-bond donors (Lipinski definition) is 2. The van der Waals surface area contributed by atoms with Crippen LogP contribution in [0.15, 0.2) is 48.5 Å². The first-order valence-electron chi connectivity index (χ1n) is 6.49. The van der Waals surface area contributed by atoms with Crippen molar-refractivity contribution in [2.24, 2.45) is 0 Å². The predicted molar refractivity (Wildman–Crippen MR) is 80.4 cm³/mol. The van der Waals surface area contributed by atoms with Crippen molar-refractivity contribution in [1.29, 1.82) is 0 Å². The summed E-state index contributed by atoms with van der Waals surface area (Å²) in [4.78, 5) is 23.3. The number of hydrogen-bond acceptors (Lipinski definition) is 2. The van der Waals surface area contributed by atoms with Crippen molar-refractivity contribution in [3.63, 3.8) is 0 Å². The zero-order chi connectivity index (χ0) is 16.1. The van der Waals surface area contributed by atoms with Crippen molar-refractivity contribution in [3.05, 3.63) is 70.5 Å². The van der Waals surface area contributed by atoms with Gasteiger partial charge in [0.1, 0.15) is 11.9 Å². The molecule has 0 saturated heterocycles. The molecule has 1 amide bonds.